The van der Waals surface area contributed by atoms with Crippen molar-refractivity contribution in [3.8, 4) is 33.2 Å². The molecule has 6 aromatic rings. The maximum atomic E-state index is 16.1. The van der Waals surface area contributed by atoms with Gasteiger partial charge in [0.25, 0.3) is 0 Å². The van der Waals surface area contributed by atoms with Gasteiger partial charge in [-0.15, -0.1) is 11.3 Å². The first kappa shape index (κ1) is 23.7. The van der Waals surface area contributed by atoms with E-state index in [0.29, 0.717) is 44.8 Å². The van der Waals surface area contributed by atoms with Crippen LogP contribution in [0.15, 0.2) is 60.4 Å². The number of amides is 1. The number of rotatable bonds is 5. The van der Waals surface area contributed by atoms with Crippen molar-refractivity contribution in [1.82, 2.24) is 30.1 Å². The van der Waals surface area contributed by atoms with Gasteiger partial charge in [-0.2, -0.15) is 5.10 Å². The average molecular weight is 538 g/mol. The highest BCUT2D eigenvalue weighted by Crippen LogP contribution is 2.36. The van der Waals surface area contributed by atoms with Gasteiger partial charge in [0.2, 0.25) is 5.91 Å². The van der Waals surface area contributed by atoms with E-state index < -0.39 is 5.82 Å². The highest BCUT2D eigenvalue weighted by atomic mass is 32.1. The number of imidazole rings is 1. The monoisotopic (exact) mass is 537 g/mol. The summed E-state index contributed by atoms with van der Waals surface area (Å²) in [5.74, 6) is 0.0295. The number of carbonyl (C=O) groups excluding carboxylic acids is 1. The number of carbonyl (C=O) groups is 1. The second-order valence-electron chi connectivity index (χ2n) is 9.83. The fraction of sp³-hybridized carbons (Fsp3) is 0.207. The molecule has 0 aliphatic heterocycles. The van der Waals surface area contributed by atoms with Gasteiger partial charge in [-0.1, -0.05) is 25.3 Å². The Bertz CT molecular complexity index is 1820. The lowest BCUT2D eigenvalue weighted by Crippen LogP contribution is -2.24. The van der Waals surface area contributed by atoms with Crippen LogP contribution in [0.5, 0.6) is 0 Å². The molecule has 0 unspecified atom stereocenters. The summed E-state index contributed by atoms with van der Waals surface area (Å²) in [5, 5.41) is 12.6. The van der Waals surface area contributed by atoms with Crippen molar-refractivity contribution in [2.75, 3.05) is 5.32 Å². The quantitative estimate of drug-likeness (QED) is 0.220. The molecule has 5 heterocycles. The van der Waals surface area contributed by atoms with E-state index in [-0.39, 0.29) is 11.8 Å². The molecular weight excluding hydrogens is 513 g/mol. The lowest BCUT2D eigenvalue weighted by molar-refractivity contribution is -0.120. The predicted molar refractivity (Wildman–Crippen MR) is 151 cm³/mol. The molecule has 0 bridgehead atoms. The molecule has 1 saturated carbocycles. The van der Waals surface area contributed by atoms with Crippen molar-refractivity contribution in [2.45, 2.75) is 32.1 Å². The third-order valence-corrected chi connectivity index (χ3v) is 8.22. The Morgan fingerprint density at radius 2 is 1.95 bits per heavy atom. The van der Waals surface area contributed by atoms with Crippen molar-refractivity contribution in [2.24, 2.45) is 5.92 Å². The molecule has 7 rings (SSSR count). The Morgan fingerprint density at radius 1 is 1.05 bits per heavy atom. The molecule has 0 atom stereocenters. The third kappa shape index (κ3) is 4.26. The van der Waals surface area contributed by atoms with Gasteiger partial charge in [-0.3, -0.25) is 19.9 Å². The van der Waals surface area contributed by atoms with Crippen molar-refractivity contribution in [3.63, 3.8) is 0 Å². The number of fused-ring (bicyclic) bond motifs is 2. The number of hydrogen-bond donors (Lipinski definition) is 3. The summed E-state index contributed by atoms with van der Waals surface area (Å²) in [6, 6.07) is 11.1. The number of benzene rings is 1. The first-order valence-electron chi connectivity index (χ1n) is 13.0. The molecule has 3 N–H and O–H groups in total. The van der Waals surface area contributed by atoms with Crippen LogP contribution in [-0.2, 0) is 4.79 Å². The topological polar surface area (TPSA) is 112 Å². The second kappa shape index (κ2) is 9.70. The summed E-state index contributed by atoms with van der Waals surface area (Å²) in [6.45, 7) is 0. The minimum Gasteiger partial charge on any atom is -0.336 e. The lowest BCUT2D eigenvalue weighted by Gasteiger charge is -2.20. The summed E-state index contributed by atoms with van der Waals surface area (Å²) >= 11 is 1.58. The minimum absolute atomic E-state index is 0.00277. The average Bonchev–Trinajstić information content (AvgIpc) is 3.73. The fourth-order valence-electron chi connectivity index (χ4n) is 5.37. The minimum atomic E-state index is -0.439. The Balaban J connectivity index is 1.26. The van der Waals surface area contributed by atoms with Crippen LogP contribution in [-0.4, -0.2) is 36.0 Å². The Labute approximate surface area is 226 Å². The summed E-state index contributed by atoms with van der Waals surface area (Å²) in [7, 11) is 0. The van der Waals surface area contributed by atoms with E-state index in [2.05, 4.69) is 30.5 Å². The number of aromatic nitrogens is 6. The molecule has 1 aliphatic carbocycles. The molecule has 1 aliphatic rings. The Morgan fingerprint density at radius 3 is 2.79 bits per heavy atom. The molecule has 0 radical (unpaired) electrons. The number of nitrogens with zero attached hydrogens (tertiary/aromatic N) is 4. The molecule has 39 heavy (non-hydrogen) atoms. The molecule has 1 amide bonds. The van der Waals surface area contributed by atoms with Crippen LogP contribution in [0.3, 0.4) is 0 Å². The van der Waals surface area contributed by atoms with Crippen LogP contribution in [0.2, 0.25) is 0 Å². The zero-order valence-electron chi connectivity index (χ0n) is 20.9. The van der Waals surface area contributed by atoms with E-state index in [1.54, 1.807) is 48.1 Å². The van der Waals surface area contributed by atoms with Crippen molar-refractivity contribution in [3.05, 3.63) is 66.2 Å². The van der Waals surface area contributed by atoms with Crippen LogP contribution in [0.1, 0.15) is 32.1 Å². The van der Waals surface area contributed by atoms with E-state index in [4.69, 9.17) is 4.98 Å². The molecule has 0 saturated heterocycles. The number of nitrogens with one attached hydrogen (secondary N) is 3. The number of H-pyrrole nitrogens is 2. The molecule has 1 fully saturated rings. The molecule has 1 aromatic carbocycles. The van der Waals surface area contributed by atoms with Crippen LogP contribution in [0, 0.1) is 11.7 Å². The normalized spacial score (nSPS) is 14.3. The first-order valence-corrected chi connectivity index (χ1v) is 13.9. The number of aromatic amines is 2. The van der Waals surface area contributed by atoms with Gasteiger partial charge in [0.15, 0.2) is 5.82 Å². The van der Waals surface area contributed by atoms with E-state index in [0.717, 1.165) is 41.8 Å². The van der Waals surface area contributed by atoms with Gasteiger partial charge < -0.3 is 10.3 Å². The van der Waals surface area contributed by atoms with Gasteiger partial charge in [0.05, 0.1) is 33.2 Å². The van der Waals surface area contributed by atoms with Gasteiger partial charge >= 0.3 is 0 Å². The molecular formula is C29H24FN7OS. The zero-order chi connectivity index (χ0) is 26.3. The Hall–Kier alpha value is -4.44. The van der Waals surface area contributed by atoms with Crippen LogP contribution < -0.4 is 5.32 Å². The summed E-state index contributed by atoms with van der Waals surface area (Å²) in [5.41, 5.74) is 4.69. The lowest BCUT2D eigenvalue weighted by atomic mass is 9.88. The van der Waals surface area contributed by atoms with Gasteiger partial charge in [0, 0.05) is 29.4 Å². The van der Waals surface area contributed by atoms with Crippen molar-refractivity contribution in [1.29, 1.82) is 0 Å². The number of thiophene rings is 1. The highest BCUT2D eigenvalue weighted by molar-refractivity contribution is 7.13. The van der Waals surface area contributed by atoms with Crippen molar-refractivity contribution >= 4 is 44.9 Å². The van der Waals surface area contributed by atoms with Crippen molar-refractivity contribution < 1.29 is 9.18 Å². The number of halogens is 1. The van der Waals surface area contributed by atoms with E-state index in [9.17, 15) is 4.79 Å². The molecule has 5 aromatic heterocycles. The molecule has 8 nitrogen and oxygen atoms in total. The smallest absolute Gasteiger partial charge is 0.227 e. The maximum Gasteiger partial charge on any atom is 0.227 e. The summed E-state index contributed by atoms with van der Waals surface area (Å²) in [6.07, 6.45) is 10.1. The maximum absolute atomic E-state index is 16.1. The molecule has 0 spiro atoms. The fourth-order valence-corrected chi connectivity index (χ4v) is 6.09. The van der Waals surface area contributed by atoms with Gasteiger partial charge in [0.1, 0.15) is 22.7 Å². The Kier molecular flexibility index (Phi) is 5.89. The van der Waals surface area contributed by atoms with E-state index in [1.807, 2.05) is 23.6 Å². The van der Waals surface area contributed by atoms with E-state index in [1.165, 1.54) is 6.42 Å². The number of pyridine rings is 2. The third-order valence-electron chi connectivity index (χ3n) is 7.34. The van der Waals surface area contributed by atoms with Crippen LogP contribution in [0.25, 0.3) is 55.2 Å². The van der Waals surface area contributed by atoms with Gasteiger partial charge in [-0.25, -0.2) is 9.37 Å². The van der Waals surface area contributed by atoms with Gasteiger partial charge in [-0.05, 0) is 48.6 Å². The van der Waals surface area contributed by atoms with Crippen LogP contribution in [0.4, 0.5) is 10.1 Å². The SMILES string of the molecule is O=C(Nc1cncc(-c2ccc3[nH]nc(-c4nc5c(-c6cccs6)nccc5[nH]4)c3c2F)c1)C1CCCCC1. The molecule has 10 heteroatoms. The van der Waals surface area contributed by atoms with Crippen LogP contribution >= 0.6 is 11.3 Å². The first-order chi connectivity index (χ1) is 19.2. The zero-order valence-corrected chi connectivity index (χ0v) is 21.7. The summed E-state index contributed by atoms with van der Waals surface area (Å²) in [4.78, 5) is 30.6. The molecule has 194 valence electrons. The van der Waals surface area contributed by atoms with E-state index >= 15 is 4.39 Å². The number of hydrogen-bond acceptors (Lipinski definition) is 6. The predicted octanol–water partition coefficient (Wildman–Crippen LogP) is 6.95. The second-order valence-corrected chi connectivity index (χ2v) is 10.8. The number of anilines is 1. The standard InChI is InChI=1S/C29H24FN7OS/c30-24-19(17-13-18(15-31-14-17)33-29(38)16-5-2-1-3-6-16)8-9-20-23(24)27(37-36-20)28-34-21-10-11-32-26(25(21)35-28)22-7-4-12-39-22/h4,7-16H,1-3,5-6H2,(H,33,38)(H,34,35)(H,36,37). The summed E-state index contributed by atoms with van der Waals surface area (Å²) < 4.78 is 16.1. The largest absolute Gasteiger partial charge is 0.336 e. The highest BCUT2D eigenvalue weighted by Gasteiger charge is 2.23.